The van der Waals surface area contributed by atoms with Crippen LogP contribution in [-0.2, 0) is 9.47 Å². The second-order valence-electron chi connectivity index (χ2n) is 4.98. The Balaban J connectivity index is 2.40. The molecule has 0 aromatic heterocycles. The molecular formula is C11H12F10N2O3. The van der Waals surface area contributed by atoms with Crippen molar-refractivity contribution in [3.05, 3.63) is 0 Å². The van der Waals surface area contributed by atoms with E-state index < -0.39 is 56.9 Å². The molecular weight excluding hydrogens is 398 g/mol. The third-order valence-electron chi connectivity index (χ3n) is 3.13. The first-order chi connectivity index (χ1) is 11.6. The van der Waals surface area contributed by atoms with Gasteiger partial charge in [0.25, 0.3) is 0 Å². The summed E-state index contributed by atoms with van der Waals surface area (Å²) in [6.07, 6.45) is -22.7. The van der Waals surface area contributed by atoms with Crippen LogP contribution in [0, 0.1) is 0 Å². The van der Waals surface area contributed by atoms with Gasteiger partial charge in [-0.05, 0) is 0 Å². The van der Waals surface area contributed by atoms with Crippen molar-refractivity contribution in [1.29, 1.82) is 0 Å². The standard InChI is InChI=1S/C11H12F10N2O3/c12-8(13,14)10(18,19)25-5-3-22-1-2-23(7(22)24)4-6-26-11(20,21)9(15,16)17/h1-6H2. The van der Waals surface area contributed by atoms with Crippen LogP contribution in [0.2, 0.25) is 0 Å². The van der Waals surface area contributed by atoms with Crippen LogP contribution in [0.1, 0.15) is 0 Å². The Morgan fingerprint density at radius 1 is 0.692 bits per heavy atom. The lowest BCUT2D eigenvalue weighted by Gasteiger charge is -2.23. The number of hydrogen-bond acceptors (Lipinski definition) is 3. The number of rotatable bonds is 8. The number of nitrogens with zero attached hydrogens (tertiary/aromatic N) is 2. The zero-order valence-corrected chi connectivity index (χ0v) is 12.6. The molecule has 1 saturated heterocycles. The molecule has 5 nitrogen and oxygen atoms in total. The van der Waals surface area contributed by atoms with Gasteiger partial charge in [-0.3, -0.25) is 0 Å². The van der Waals surface area contributed by atoms with E-state index in [2.05, 4.69) is 9.47 Å². The van der Waals surface area contributed by atoms with Gasteiger partial charge in [-0.25, -0.2) is 4.79 Å². The number of urea groups is 1. The van der Waals surface area contributed by atoms with Crippen molar-refractivity contribution in [2.45, 2.75) is 24.6 Å². The maximum atomic E-state index is 12.5. The third kappa shape index (κ3) is 5.49. The van der Waals surface area contributed by atoms with Gasteiger partial charge in [-0.15, -0.1) is 0 Å². The average Bonchev–Trinajstić information content (AvgIpc) is 2.77. The van der Waals surface area contributed by atoms with E-state index in [9.17, 15) is 48.7 Å². The molecule has 0 radical (unpaired) electrons. The van der Waals surface area contributed by atoms with Crippen molar-refractivity contribution >= 4 is 6.03 Å². The van der Waals surface area contributed by atoms with E-state index in [0.29, 0.717) is 0 Å². The highest BCUT2D eigenvalue weighted by molar-refractivity contribution is 5.76. The van der Waals surface area contributed by atoms with Crippen LogP contribution >= 0.6 is 0 Å². The minimum atomic E-state index is -5.94. The predicted octanol–water partition coefficient (Wildman–Crippen LogP) is 3.07. The largest absolute Gasteiger partial charge is 0.482 e. The van der Waals surface area contributed by atoms with Crippen molar-refractivity contribution in [3.8, 4) is 0 Å². The molecule has 1 fully saturated rings. The molecule has 1 aliphatic rings. The Morgan fingerprint density at radius 2 is 1.00 bits per heavy atom. The monoisotopic (exact) mass is 410 g/mol. The molecule has 0 N–H and O–H groups in total. The number of carbonyl (C=O) groups excluding carboxylic acids is 1. The quantitative estimate of drug-likeness (QED) is 0.578. The highest BCUT2D eigenvalue weighted by atomic mass is 19.4. The van der Waals surface area contributed by atoms with E-state index in [-0.39, 0.29) is 13.1 Å². The van der Waals surface area contributed by atoms with Gasteiger partial charge in [0, 0.05) is 26.2 Å². The van der Waals surface area contributed by atoms with Gasteiger partial charge in [0.2, 0.25) is 0 Å². The number of carbonyl (C=O) groups is 1. The molecule has 2 amide bonds. The van der Waals surface area contributed by atoms with E-state index in [1.54, 1.807) is 0 Å². The van der Waals surface area contributed by atoms with Crippen LogP contribution in [-0.4, -0.2) is 79.8 Å². The highest BCUT2D eigenvalue weighted by Crippen LogP contribution is 2.37. The van der Waals surface area contributed by atoms with E-state index in [0.717, 1.165) is 9.80 Å². The van der Waals surface area contributed by atoms with Crippen LogP contribution in [0.25, 0.3) is 0 Å². The van der Waals surface area contributed by atoms with Crippen molar-refractivity contribution < 1.29 is 58.2 Å². The Kier molecular flexibility index (Phi) is 6.60. The van der Waals surface area contributed by atoms with Gasteiger partial charge in [0.05, 0.1) is 13.2 Å². The summed E-state index contributed by atoms with van der Waals surface area (Å²) < 4.78 is 128. The molecule has 15 heteroatoms. The van der Waals surface area contributed by atoms with Gasteiger partial charge in [-0.1, -0.05) is 0 Å². The molecule has 1 heterocycles. The number of hydrogen-bond donors (Lipinski definition) is 0. The lowest BCUT2D eigenvalue weighted by atomic mass is 10.5. The summed E-state index contributed by atoms with van der Waals surface area (Å²) in [6, 6.07) is -0.956. The third-order valence-corrected chi connectivity index (χ3v) is 3.13. The zero-order valence-electron chi connectivity index (χ0n) is 12.6. The summed E-state index contributed by atoms with van der Waals surface area (Å²) in [5.74, 6) is 0. The average molecular weight is 410 g/mol. The fourth-order valence-electron chi connectivity index (χ4n) is 1.78. The van der Waals surface area contributed by atoms with Crippen LogP contribution in [0.5, 0.6) is 0 Å². The number of ether oxygens (including phenoxy) is 2. The van der Waals surface area contributed by atoms with Crippen LogP contribution in [0.15, 0.2) is 0 Å². The van der Waals surface area contributed by atoms with Crippen molar-refractivity contribution in [2.24, 2.45) is 0 Å². The van der Waals surface area contributed by atoms with E-state index in [1.807, 2.05) is 0 Å². The number of halogens is 10. The predicted molar refractivity (Wildman–Crippen MR) is 62.5 cm³/mol. The Morgan fingerprint density at radius 3 is 1.27 bits per heavy atom. The molecule has 0 aliphatic carbocycles. The summed E-state index contributed by atoms with van der Waals surface area (Å²) in [4.78, 5) is 13.3. The van der Waals surface area contributed by atoms with Gasteiger partial charge >= 0.3 is 30.6 Å². The Labute approximate surface area is 139 Å². The molecule has 0 spiro atoms. The summed E-state index contributed by atoms with van der Waals surface area (Å²) >= 11 is 0. The Hall–Kier alpha value is -1.51. The van der Waals surface area contributed by atoms with Gasteiger partial charge < -0.3 is 19.3 Å². The normalized spacial score (nSPS) is 17.4. The highest BCUT2D eigenvalue weighted by Gasteiger charge is 2.60. The number of alkyl halides is 10. The summed E-state index contributed by atoms with van der Waals surface area (Å²) in [5.41, 5.74) is 0. The fourth-order valence-corrected chi connectivity index (χ4v) is 1.78. The van der Waals surface area contributed by atoms with E-state index in [4.69, 9.17) is 0 Å². The first kappa shape index (κ1) is 22.5. The van der Waals surface area contributed by atoms with Crippen molar-refractivity contribution in [3.63, 3.8) is 0 Å². The summed E-state index contributed by atoms with van der Waals surface area (Å²) in [5, 5.41) is 0. The molecule has 26 heavy (non-hydrogen) atoms. The van der Waals surface area contributed by atoms with E-state index in [1.165, 1.54) is 0 Å². The number of amides is 2. The van der Waals surface area contributed by atoms with Crippen molar-refractivity contribution in [1.82, 2.24) is 9.80 Å². The van der Waals surface area contributed by atoms with Crippen molar-refractivity contribution in [2.75, 3.05) is 39.4 Å². The molecule has 0 atom stereocenters. The smallest absolute Gasteiger partial charge is 0.321 e. The topological polar surface area (TPSA) is 42.0 Å². The molecule has 1 aliphatic heterocycles. The maximum Gasteiger partial charge on any atom is 0.482 e. The minimum Gasteiger partial charge on any atom is -0.321 e. The lowest BCUT2D eigenvalue weighted by Crippen LogP contribution is -2.43. The second kappa shape index (κ2) is 7.62. The first-order valence-electron chi connectivity index (χ1n) is 6.79. The van der Waals surface area contributed by atoms with E-state index >= 15 is 0 Å². The SMILES string of the molecule is O=C1N(CCOC(F)(F)C(F)(F)F)CCN1CCOC(F)(F)C(F)(F)F. The van der Waals surface area contributed by atoms with Crippen LogP contribution in [0.4, 0.5) is 48.7 Å². The van der Waals surface area contributed by atoms with Gasteiger partial charge in [-0.2, -0.15) is 43.9 Å². The molecule has 1 rings (SSSR count). The summed E-state index contributed by atoms with van der Waals surface area (Å²) in [6.45, 7) is -4.02. The first-order valence-corrected chi connectivity index (χ1v) is 6.79. The second-order valence-corrected chi connectivity index (χ2v) is 4.98. The summed E-state index contributed by atoms with van der Waals surface area (Å²) in [7, 11) is 0. The maximum absolute atomic E-state index is 12.5. The molecule has 0 unspecified atom stereocenters. The van der Waals surface area contributed by atoms with Gasteiger partial charge in [0.15, 0.2) is 0 Å². The van der Waals surface area contributed by atoms with Gasteiger partial charge in [0.1, 0.15) is 0 Å². The molecule has 0 bridgehead atoms. The van der Waals surface area contributed by atoms with Crippen LogP contribution < -0.4 is 0 Å². The molecule has 154 valence electrons. The fraction of sp³-hybridized carbons (Fsp3) is 0.909. The minimum absolute atomic E-state index is 0.171. The lowest BCUT2D eigenvalue weighted by molar-refractivity contribution is -0.391. The molecule has 0 aromatic carbocycles. The van der Waals surface area contributed by atoms with Crippen LogP contribution in [0.3, 0.4) is 0 Å². The Bertz CT molecular complexity index is 452. The molecule has 0 aromatic rings. The molecule has 0 saturated carbocycles. The zero-order chi connectivity index (χ0) is 20.4.